The summed E-state index contributed by atoms with van der Waals surface area (Å²) in [6.45, 7) is 2.67. The predicted octanol–water partition coefficient (Wildman–Crippen LogP) is 1.40. The Balaban J connectivity index is 2.31. The highest BCUT2D eigenvalue weighted by molar-refractivity contribution is 5.69. The highest BCUT2D eigenvalue weighted by Crippen LogP contribution is 2.28. The first kappa shape index (κ1) is 11.1. The summed E-state index contributed by atoms with van der Waals surface area (Å²) >= 11 is 0. The van der Waals surface area contributed by atoms with Crippen LogP contribution in [0.4, 0.5) is 0 Å². The Morgan fingerprint density at radius 1 is 1.56 bits per heavy atom. The van der Waals surface area contributed by atoms with Crippen LogP contribution in [0.5, 0.6) is 5.75 Å². The molecule has 0 bridgehead atoms. The summed E-state index contributed by atoms with van der Waals surface area (Å²) in [5.41, 5.74) is 2.29. The monoisotopic (exact) mass is 221 g/mol. The maximum absolute atomic E-state index is 10.9. The van der Waals surface area contributed by atoms with Crippen molar-refractivity contribution in [1.82, 2.24) is 5.32 Å². The molecule has 16 heavy (non-hydrogen) atoms. The molecule has 0 amide bonds. The number of hydrogen-bond donors (Lipinski definition) is 1. The topological polar surface area (TPSA) is 47.6 Å². The molecule has 0 spiro atoms. The fourth-order valence-electron chi connectivity index (χ4n) is 1.87. The molecule has 0 aromatic heterocycles. The molecule has 0 fully saturated rings. The maximum atomic E-state index is 10.9. The van der Waals surface area contributed by atoms with Crippen molar-refractivity contribution in [3.63, 3.8) is 0 Å². The van der Waals surface area contributed by atoms with Gasteiger partial charge in [0.2, 0.25) is 0 Å². The number of nitrogens with one attached hydrogen (secondary N) is 1. The minimum absolute atomic E-state index is 0.166. The van der Waals surface area contributed by atoms with E-state index in [4.69, 9.17) is 9.47 Å². The number of carbonyl (C=O) groups is 1. The van der Waals surface area contributed by atoms with Crippen LogP contribution in [-0.4, -0.2) is 19.6 Å². The van der Waals surface area contributed by atoms with Gasteiger partial charge >= 0.3 is 5.97 Å². The molecule has 1 aromatic carbocycles. The van der Waals surface area contributed by atoms with E-state index in [2.05, 4.69) is 5.32 Å². The Labute approximate surface area is 94.6 Å². The van der Waals surface area contributed by atoms with E-state index in [-0.39, 0.29) is 12.0 Å². The molecule has 0 radical (unpaired) electrons. The molecular weight excluding hydrogens is 206 g/mol. The molecule has 1 N–H and O–H groups in total. The number of fused-ring (bicyclic) bond motifs is 1. The molecule has 0 aliphatic carbocycles. The van der Waals surface area contributed by atoms with Crippen molar-refractivity contribution in [3.8, 4) is 5.75 Å². The van der Waals surface area contributed by atoms with Crippen molar-refractivity contribution in [1.29, 1.82) is 0 Å². The van der Waals surface area contributed by atoms with Crippen LogP contribution < -0.4 is 10.1 Å². The highest BCUT2D eigenvalue weighted by Gasteiger charge is 2.19. The van der Waals surface area contributed by atoms with Crippen molar-refractivity contribution in [2.75, 3.05) is 13.7 Å². The Morgan fingerprint density at radius 2 is 2.38 bits per heavy atom. The van der Waals surface area contributed by atoms with E-state index in [1.807, 2.05) is 19.2 Å². The maximum Gasteiger partial charge on any atom is 0.308 e. The van der Waals surface area contributed by atoms with Crippen molar-refractivity contribution in [3.05, 3.63) is 29.3 Å². The lowest BCUT2D eigenvalue weighted by molar-refractivity contribution is -0.131. The van der Waals surface area contributed by atoms with Crippen LogP contribution in [0.3, 0.4) is 0 Å². The van der Waals surface area contributed by atoms with Crippen LogP contribution in [0.15, 0.2) is 18.2 Å². The first-order valence-electron chi connectivity index (χ1n) is 5.27. The van der Waals surface area contributed by atoms with Crippen LogP contribution in [-0.2, 0) is 16.1 Å². The zero-order chi connectivity index (χ0) is 11.5. The van der Waals surface area contributed by atoms with Crippen LogP contribution in [0.1, 0.15) is 24.1 Å². The van der Waals surface area contributed by atoms with E-state index in [1.54, 1.807) is 6.07 Å². The van der Waals surface area contributed by atoms with Gasteiger partial charge in [-0.2, -0.15) is 0 Å². The average molecular weight is 221 g/mol. The lowest BCUT2D eigenvalue weighted by Crippen LogP contribution is -2.26. The second-order valence-electron chi connectivity index (χ2n) is 3.81. The Hall–Kier alpha value is -1.39. The van der Waals surface area contributed by atoms with Gasteiger partial charge in [-0.05, 0) is 30.3 Å². The second kappa shape index (κ2) is 4.63. The summed E-state index contributed by atoms with van der Waals surface area (Å²) in [7, 11) is 1.89. The molecular formula is C12H15NO3. The fourth-order valence-corrected chi connectivity index (χ4v) is 1.87. The molecule has 2 rings (SSSR count). The molecule has 1 heterocycles. The number of hydrogen-bond acceptors (Lipinski definition) is 4. The lowest BCUT2D eigenvalue weighted by Gasteiger charge is -2.25. The van der Waals surface area contributed by atoms with Gasteiger partial charge in [0.25, 0.3) is 0 Å². The molecule has 1 atom stereocenters. The largest absolute Gasteiger partial charge is 0.427 e. The van der Waals surface area contributed by atoms with Crippen molar-refractivity contribution < 1.29 is 14.3 Å². The Kier molecular flexibility index (Phi) is 3.22. The van der Waals surface area contributed by atoms with Crippen LogP contribution in [0, 0.1) is 0 Å². The van der Waals surface area contributed by atoms with E-state index < -0.39 is 0 Å². The number of likely N-dealkylation sites (N-methyl/N-ethyl adjacent to an activating group) is 1. The predicted molar refractivity (Wildman–Crippen MR) is 59.2 cm³/mol. The fraction of sp³-hybridized carbons (Fsp3) is 0.417. The van der Waals surface area contributed by atoms with Gasteiger partial charge in [0.15, 0.2) is 0 Å². The highest BCUT2D eigenvalue weighted by atomic mass is 16.5. The van der Waals surface area contributed by atoms with Crippen LogP contribution >= 0.6 is 0 Å². The van der Waals surface area contributed by atoms with E-state index in [9.17, 15) is 4.79 Å². The second-order valence-corrected chi connectivity index (χ2v) is 3.81. The average Bonchev–Trinajstić information content (AvgIpc) is 2.27. The van der Waals surface area contributed by atoms with E-state index in [0.29, 0.717) is 19.0 Å². The van der Waals surface area contributed by atoms with Gasteiger partial charge < -0.3 is 14.8 Å². The van der Waals surface area contributed by atoms with Gasteiger partial charge in [-0.3, -0.25) is 4.79 Å². The van der Waals surface area contributed by atoms with Crippen LogP contribution in [0.2, 0.25) is 0 Å². The first-order valence-corrected chi connectivity index (χ1v) is 5.27. The lowest BCUT2D eigenvalue weighted by atomic mass is 9.99. The number of benzene rings is 1. The van der Waals surface area contributed by atoms with E-state index >= 15 is 0 Å². The zero-order valence-corrected chi connectivity index (χ0v) is 9.45. The standard InChI is InChI=1S/C12H15NO3/c1-8(14)16-10-4-3-9-6-15-7-12(13-2)11(9)5-10/h3-5,12-13H,6-7H2,1-2H3. The summed E-state index contributed by atoms with van der Waals surface area (Å²) in [5.74, 6) is 0.293. The van der Waals surface area contributed by atoms with Crippen molar-refractivity contribution in [2.24, 2.45) is 0 Å². The summed E-state index contributed by atoms with van der Waals surface area (Å²) in [6, 6.07) is 5.80. The summed E-state index contributed by atoms with van der Waals surface area (Å²) in [5, 5.41) is 3.18. The van der Waals surface area contributed by atoms with Gasteiger partial charge in [0.1, 0.15) is 5.75 Å². The van der Waals surface area contributed by atoms with Gasteiger partial charge in [-0.15, -0.1) is 0 Å². The molecule has 4 heteroatoms. The Morgan fingerprint density at radius 3 is 3.06 bits per heavy atom. The third kappa shape index (κ3) is 2.23. The van der Waals surface area contributed by atoms with Gasteiger partial charge in [-0.1, -0.05) is 6.07 Å². The quantitative estimate of drug-likeness (QED) is 0.606. The molecule has 86 valence electrons. The number of carbonyl (C=O) groups excluding carboxylic acids is 1. The molecule has 1 aromatic rings. The SMILES string of the molecule is CNC1COCc2ccc(OC(C)=O)cc21. The first-order chi connectivity index (χ1) is 7.70. The van der Waals surface area contributed by atoms with Crippen LogP contribution in [0.25, 0.3) is 0 Å². The smallest absolute Gasteiger partial charge is 0.308 e. The minimum Gasteiger partial charge on any atom is -0.427 e. The molecule has 0 saturated carbocycles. The van der Waals surface area contributed by atoms with Gasteiger partial charge in [0, 0.05) is 6.92 Å². The van der Waals surface area contributed by atoms with E-state index in [0.717, 1.165) is 11.1 Å². The summed E-state index contributed by atoms with van der Waals surface area (Å²) in [6.07, 6.45) is 0. The minimum atomic E-state index is -0.298. The summed E-state index contributed by atoms with van der Waals surface area (Å²) in [4.78, 5) is 10.9. The number of rotatable bonds is 2. The Bertz CT molecular complexity index is 403. The summed E-state index contributed by atoms with van der Waals surface area (Å²) < 4.78 is 10.5. The number of ether oxygens (including phenoxy) is 2. The normalized spacial score (nSPS) is 19.0. The number of esters is 1. The zero-order valence-electron chi connectivity index (χ0n) is 9.45. The van der Waals surface area contributed by atoms with E-state index in [1.165, 1.54) is 6.92 Å². The molecule has 1 aliphatic heterocycles. The third-order valence-electron chi connectivity index (χ3n) is 2.64. The van der Waals surface area contributed by atoms with Crippen molar-refractivity contribution in [2.45, 2.75) is 19.6 Å². The molecule has 4 nitrogen and oxygen atoms in total. The third-order valence-corrected chi connectivity index (χ3v) is 2.64. The van der Waals surface area contributed by atoms with Crippen molar-refractivity contribution >= 4 is 5.97 Å². The van der Waals surface area contributed by atoms with Gasteiger partial charge in [0.05, 0.1) is 19.3 Å². The molecule has 1 aliphatic rings. The van der Waals surface area contributed by atoms with Gasteiger partial charge in [-0.25, -0.2) is 0 Å². The molecule has 1 unspecified atom stereocenters. The molecule has 0 saturated heterocycles.